The summed E-state index contributed by atoms with van der Waals surface area (Å²) < 4.78 is 16.2. The van der Waals surface area contributed by atoms with Crippen LogP contribution in [-0.4, -0.2) is 26.7 Å². The van der Waals surface area contributed by atoms with Gasteiger partial charge in [-0.05, 0) is 44.0 Å². The molecule has 0 aromatic heterocycles. The van der Waals surface area contributed by atoms with Crippen LogP contribution in [0.25, 0.3) is 0 Å². The predicted octanol–water partition coefficient (Wildman–Crippen LogP) is 4.12. The van der Waals surface area contributed by atoms with E-state index < -0.39 is 0 Å². The molecule has 0 spiro atoms. The van der Waals surface area contributed by atoms with E-state index >= 15 is 0 Å². The molecule has 2 aromatic rings. The van der Waals surface area contributed by atoms with E-state index in [1.54, 1.807) is 20.3 Å². The van der Waals surface area contributed by atoms with Crippen molar-refractivity contribution in [1.29, 1.82) is 0 Å². The van der Waals surface area contributed by atoms with Gasteiger partial charge in [-0.2, -0.15) is 0 Å². The molecule has 0 radical (unpaired) electrons. The van der Waals surface area contributed by atoms with Crippen LogP contribution in [0.3, 0.4) is 0 Å². The largest absolute Gasteiger partial charge is 0.494 e. The first-order chi connectivity index (χ1) is 12.0. The Morgan fingerprint density at radius 3 is 2.28 bits per heavy atom. The molecule has 2 aromatic carbocycles. The quantitative estimate of drug-likeness (QED) is 0.733. The molecule has 0 atom stereocenters. The zero-order valence-electron chi connectivity index (χ0n) is 15.2. The lowest BCUT2D eigenvalue weighted by Crippen LogP contribution is -2.14. The van der Waals surface area contributed by atoms with Gasteiger partial charge in [0.15, 0.2) is 11.5 Å². The van der Waals surface area contributed by atoms with Crippen molar-refractivity contribution in [2.24, 2.45) is 0 Å². The Hall–Kier alpha value is -2.69. The maximum absolute atomic E-state index is 12.1. The molecular weight excluding hydrogens is 318 g/mol. The Kier molecular flexibility index (Phi) is 6.69. The highest BCUT2D eigenvalue weighted by atomic mass is 16.5. The van der Waals surface area contributed by atoms with Crippen LogP contribution in [0.2, 0.25) is 0 Å². The highest BCUT2D eigenvalue weighted by Gasteiger charge is 2.11. The molecule has 0 saturated carbocycles. The van der Waals surface area contributed by atoms with Crippen molar-refractivity contribution >= 4 is 11.6 Å². The summed E-state index contributed by atoms with van der Waals surface area (Å²) in [5.74, 6) is 2.00. The van der Waals surface area contributed by atoms with Crippen LogP contribution in [0, 0.1) is 13.8 Å². The molecule has 0 aliphatic rings. The van der Waals surface area contributed by atoms with Gasteiger partial charge in [-0.15, -0.1) is 0 Å². The third-order valence-electron chi connectivity index (χ3n) is 3.84. The van der Waals surface area contributed by atoms with Crippen molar-refractivity contribution in [2.75, 3.05) is 26.1 Å². The summed E-state index contributed by atoms with van der Waals surface area (Å²) in [6.07, 6.45) is 1.03. The number of anilines is 1. The number of nitrogens with one attached hydrogen (secondary N) is 1. The van der Waals surface area contributed by atoms with Gasteiger partial charge in [-0.3, -0.25) is 4.79 Å². The van der Waals surface area contributed by atoms with Crippen LogP contribution in [-0.2, 0) is 4.79 Å². The van der Waals surface area contributed by atoms with Gasteiger partial charge in [-0.1, -0.05) is 17.7 Å². The first-order valence-corrected chi connectivity index (χ1v) is 8.25. The lowest BCUT2D eigenvalue weighted by Gasteiger charge is -2.13. The molecule has 134 valence electrons. The van der Waals surface area contributed by atoms with Crippen LogP contribution >= 0.6 is 0 Å². The molecule has 0 unspecified atom stereocenters. The average molecular weight is 343 g/mol. The van der Waals surface area contributed by atoms with Gasteiger partial charge in [0, 0.05) is 18.2 Å². The smallest absolute Gasteiger partial charge is 0.224 e. The maximum Gasteiger partial charge on any atom is 0.224 e. The van der Waals surface area contributed by atoms with Gasteiger partial charge < -0.3 is 19.5 Å². The monoisotopic (exact) mass is 343 g/mol. The fourth-order valence-corrected chi connectivity index (χ4v) is 2.39. The molecule has 0 bridgehead atoms. The molecule has 25 heavy (non-hydrogen) atoms. The van der Waals surface area contributed by atoms with Crippen molar-refractivity contribution in [1.82, 2.24) is 0 Å². The second kappa shape index (κ2) is 8.97. The van der Waals surface area contributed by atoms with E-state index in [1.165, 1.54) is 5.56 Å². The van der Waals surface area contributed by atoms with Crippen molar-refractivity contribution in [2.45, 2.75) is 26.7 Å². The van der Waals surface area contributed by atoms with Gasteiger partial charge in [-0.25, -0.2) is 0 Å². The van der Waals surface area contributed by atoms with Gasteiger partial charge in [0.05, 0.1) is 20.8 Å². The van der Waals surface area contributed by atoms with E-state index in [-0.39, 0.29) is 5.91 Å². The summed E-state index contributed by atoms with van der Waals surface area (Å²) in [6.45, 7) is 4.45. The summed E-state index contributed by atoms with van der Waals surface area (Å²) >= 11 is 0. The van der Waals surface area contributed by atoms with Crippen LogP contribution in [0.15, 0.2) is 36.4 Å². The summed E-state index contributed by atoms with van der Waals surface area (Å²) in [4.78, 5) is 12.1. The number of amides is 1. The van der Waals surface area contributed by atoms with Crippen molar-refractivity contribution in [3.05, 3.63) is 47.5 Å². The zero-order valence-corrected chi connectivity index (χ0v) is 15.2. The van der Waals surface area contributed by atoms with E-state index in [2.05, 4.69) is 5.32 Å². The molecule has 5 heteroatoms. The summed E-state index contributed by atoms with van der Waals surface area (Å²) in [5.41, 5.74) is 2.83. The van der Waals surface area contributed by atoms with Gasteiger partial charge in [0.25, 0.3) is 0 Å². The summed E-state index contributed by atoms with van der Waals surface area (Å²) in [5, 5.41) is 2.91. The Morgan fingerprint density at radius 1 is 1.00 bits per heavy atom. The highest BCUT2D eigenvalue weighted by Crippen LogP contribution is 2.32. The Bertz CT molecular complexity index is 710. The minimum Gasteiger partial charge on any atom is -0.494 e. The standard InChI is InChI=1S/C20H25NO4/c1-14-7-9-16(10-8-14)25-11-5-6-20(22)21-17-13-19(24-4)18(23-3)12-15(17)2/h7-10,12-13H,5-6,11H2,1-4H3,(H,21,22). The number of benzene rings is 2. The normalized spacial score (nSPS) is 10.2. The van der Waals surface area contributed by atoms with Crippen LogP contribution in [0.4, 0.5) is 5.69 Å². The predicted molar refractivity (Wildman–Crippen MR) is 98.8 cm³/mol. The van der Waals surface area contributed by atoms with Crippen LogP contribution in [0.5, 0.6) is 17.2 Å². The molecule has 5 nitrogen and oxygen atoms in total. The second-order valence-electron chi connectivity index (χ2n) is 5.84. The van der Waals surface area contributed by atoms with E-state index in [0.717, 1.165) is 17.0 Å². The number of rotatable bonds is 8. The highest BCUT2D eigenvalue weighted by molar-refractivity contribution is 5.92. The molecular formula is C20H25NO4. The molecule has 0 aliphatic carbocycles. The minimum atomic E-state index is -0.0529. The fraction of sp³-hybridized carbons (Fsp3) is 0.350. The second-order valence-corrected chi connectivity index (χ2v) is 5.84. The first kappa shape index (κ1) is 18.6. The van der Waals surface area contributed by atoms with Gasteiger partial charge >= 0.3 is 0 Å². The topological polar surface area (TPSA) is 56.8 Å². The molecule has 1 amide bonds. The lowest BCUT2D eigenvalue weighted by atomic mass is 10.1. The summed E-state index contributed by atoms with van der Waals surface area (Å²) in [7, 11) is 3.16. The van der Waals surface area contributed by atoms with Crippen LogP contribution in [0.1, 0.15) is 24.0 Å². The van der Waals surface area contributed by atoms with Gasteiger partial charge in [0.2, 0.25) is 5.91 Å². The summed E-state index contributed by atoms with van der Waals surface area (Å²) in [6, 6.07) is 11.5. The number of ether oxygens (including phenoxy) is 3. The minimum absolute atomic E-state index is 0.0529. The van der Waals surface area contributed by atoms with Crippen molar-refractivity contribution in [3.8, 4) is 17.2 Å². The molecule has 0 aliphatic heterocycles. The number of aryl methyl sites for hydroxylation is 2. The molecule has 1 N–H and O–H groups in total. The van der Waals surface area contributed by atoms with E-state index in [0.29, 0.717) is 30.9 Å². The fourth-order valence-electron chi connectivity index (χ4n) is 2.39. The third-order valence-corrected chi connectivity index (χ3v) is 3.84. The molecule has 2 rings (SSSR count). The Balaban J connectivity index is 1.83. The van der Waals surface area contributed by atoms with E-state index in [4.69, 9.17) is 14.2 Å². The van der Waals surface area contributed by atoms with E-state index in [1.807, 2.05) is 44.2 Å². The zero-order chi connectivity index (χ0) is 18.2. The Labute approximate surface area is 148 Å². The van der Waals surface area contributed by atoms with E-state index in [9.17, 15) is 4.79 Å². The number of carbonyl (C=O) groups excluding carboxylic acids is 1. The number of methoxy groups -OCH3 is 2. The molecule has 0 fully saturated rings. The Morgan fingerprint density at radius 2 is 1.64 bits per heavy atom. The average Bonchev–Trinajstić information content (AvgIpc) is 2.61. The third kappa shape index (κ3) is 5.41. The van der Waals surface area contributed by atoms with Crippen molar-refractivity contribution in [3.63, 3.8) is 0 Å². The molecule has 0 heterocycles. The number of hydrogen-bond donors (Lipinski definition) is 1. The van der Waals surface area contributed by atoms with Crippen LogP contribution < -0.4 is 19.5 Å². The van der Waals surface area contributed by atoms with Crippen molar-refractivity contribution < 1.29 is 19.0 Å². The SMILES string of the molecule is COc1cc(C)c(NC(=O)CCCOc2ccc(C)cc2)cc1OC. The number of carbonyl (C=O) groups is 1. The first-order valence-electron chi connectivity index (χ1n) is 8.25. The maximum atomic E-state index is 12.1. The van der Waals surface area contributed by atoms with Gasteiger partial charge in [0.1, 0.15) is 5.75 Å². The lowest BCUT2D eigenvalue weighted by molar-refractivity contribution is -0.116. The number of hydrogen-bond acceptors (Lipinski definition) is 4. The molecule has 0 saturated heterocycles.